The highest BCUT2D eigenvalue weighted by Gasteiger charge is 2.31. The van der Waals surface area contributed by atoms with Gasteiger partial charge in [-0.3, -0.25) is 4.79 Å². The topological polar surface area (TPSA) is 62.3 Å². The minimum atomic E-state index is -1.01. The first kappa shape index (κ1) is 32.1. The van der Waals surface area contributed by atoms with Crippen molar-refractivity contribution >= 4 is 16.9 Å². The maximum absolute atomic E-state index is 12.5. The number of aromatic amines is 1. The highest BCUT2D eigenvalue weighted by atomic mass is 16.5. The number of rotatable bonds is 20. The number of allylic oxidation sites excluding steroid dienone is 2. The molecule has 1 unspecified atom stereocenters. The van der Waals surface area contributed by atoms with Crippen LogP contribution in [0.15, 0.2) is 36.0 Å². The monoisotopic (exact) mass is 525 g/mol. The lowest BCUT2D eigenvalue weighted by Crippen LogP contribution is -2.33. The normalized spacial score (nSPS) is 12.6. The van der Waals surface area contributed by atoms with Crippen molar-refractivity contribution in [2.75, 3.05) is 6.61 Å². The third kappa shape index (κ3) is 12.2. The zero-order valence-electron chi connectivity index (χ0n) is 25.0. The molecule has 1 aromatic carbocycles. The number of aromatic nitrogens is 1. The van der Waals surface area contributed by atoms with E-state index < -0.39 is 5.60 Å². The number of hydrogen-bond acceptors (Lipinski definition) is 3. The molecule has 0 aliphatic carbocycles. The Labute approximate surface area is 232 Å². The summed E-state index contributed by atoms with van der Waals surface area (Å²) in [6.07, 6.45) is 22.3. The fourth-order valence-electron chi connectivity index (χ4n) is 5.14. The lowest BCUT2D eigenvalue weighted by molar-refractivity contribution is -0.145. The molecule has 1 atom stereocenters. The molecule has 0 spiro atoms. The van der Waals surface area contributed by atoms with Gasteiger partial charge in [0, 0.05) is 29.4 Å². The van der Waals surface area contributed by atoms with Gasteiger partial charge in [-0.15, -0.1) is 0 Å². The Kier molecular flexibility index (Phi) is 14.8. The van der Waals surface area contributed by atoms with Crippen LogP contribution in [0.1, 0.15) is 142 Å². The molecule has 0 aliphatic rings. The van der Waals surface area contributed by atoms with Gasteiger partial charge in [0.25, 0.3) is 0 Å². The highest BCUT2D eigenvalue weighted by Crippen LogP contribution is 2.34. The van der Waals surface area contributed by atoms with E-state index >= 15 is 0 Å². The van der Waals surface area contributed by atoms with Crippen molar-refractivity contribution in [1.29, 1.82) is 0 Å². The average Bonchev–Trinajstić information content (AvgIpc) is 3.27. The molecule has 2 rings (SSSR count). The zero-order chi connectivity index (χ0) is 27.8. The van der Waals surface area contributed by atoms with E-state index in [1.165, 1.54) is 81.8 Å². The molecule has 0 amide bonds. The van der Waals surface area contributed by atoms with E-state index in [9.17, 15) is 9.90 Å². The maximum Gasteiger partial charge on any atom is 0.305 e. The predicted molar refractivity (Wildman–Crippen MR) is 162 cm³/mol. The van der Waals surface area contributed by atoms with Crippen LogP contribution in [0.4, 0.5) is 0 Å². The van der Waals surface area contributed by atoms with Gasteiger partial charge in [-0.05, 0) is 57.7 Å². The molecule has 2 N–H and O–H groups in total. The first-order valence-corrected chi connectivity index (χ1v) is 15.3. The third-order valence-corrected chi connectivity index (χ3v) is 7.65. The lowest BCUT2D eigenvalue weighted by atomic mass is 9.85. The predicted octanol–water partition coefficient (Wildman–Crippen LogP) is 9.56. The zero-order valence-corrected chi connectivity index (χ0v) is 25.0. The molecule has 0 saturated carbocycles. The summed E-state index contributed by atoms with van der Waals surface area (Å²) in [7, 11) is 0. The summed E-state index contributed by atoms with van der Waals surface area (Å²) in [5.74, 6) is -0.457. The lowest BCUT2D eigenvalue weighted by Gasteiger charge is -2.29. The van der Waals surface area contributed by atoms with Crippen molar-refractivity contribution in [1.82, 2.24) is 4.98 Å². The SMILES string of the molecule is CCCCCCCCCCCCCCCC(=O)OCC(c1c[nH]c2cc(CC=C(C)C)ccc12)C(C)(C)O. The first-order valence-electron chi connectivity index (χ1n) is 15.3. The summed E-state index contributed by atoms with van der Waals surface area (Å²) in [5, 5.41) is 12.0. The van der Waals surface area contributed by atoms with E-state index in [2.05, 4.69) is 50.0 Å². The third-order valence-electron chi connectivity index (χ3n) is 7.65. The second kappa shape index (κ2) is 17.5. The van der Waals surface area contributed by atoms with Crippen molar-refractivity contribution in [3.63, 3.8) is 0 Å². The van der Waals surface area contributed by atoms with Crippen molar-refractivity contribution < 1.29 is 14.6 Å². The van der Waals surface area contributed by atoms with Gasteiger partial charge in [0.05, 0.1) is 5.60 Å². The summed E-state index contributed by atoms with van der Waals surface area (Å²) in [5.41, 5.74) is 3.59. The van der Waals surface area contributed by atoms with Crippen molar-refractivity contribution in [3.8, 4) is 0 Å². The molecule has 0 bridgehead atoms. The second-order valence-electron chi connectivity index (χ2n) is 12.0. The Morgan fingerprint density at radius 3 is 2.08 bits per heavy atom. The van der Waals surface area contributed by atoms with Gasteiger partial charge in [0.15, 0.2) is 0 Å². The van der Waals surface area contributed by atoms with Crippen molar-refractivity contribution in [3.05, 3.63) is 47.2 Å². The Bertz CT molecular complexity index is 962. The van der Waals surface area contributed by atoms with E-state index in [1.807, 2.05) is 6.20 Å². The number of aliphatic hydroxyl groups is 1. The van der Waals surface area contributed by atoms with Gasteiger partial charge in [0.1, 0.15) is 6.61 Å². The maximum atomic E-state index is 12.5. The summed E-state index contributed by atoms with van der Waals surface area (Å²) in [6, 6.07) is 6.42. The molecule has 0 radical (unpaired) electrons. The molecule has 4 nitrogen and oxygen atoms in total. The Morgan fingerprint density at radius 1 is 0.947 bits per heavy atom. The van der Waals surface area contributed by atoms with Crippen LogP contribution < -0.4 is 0 Å². The van der Waals surface area contributed by atoms with Crippen molar-refractivity contribution in [2.45, 2.75) is 142 Å². The van der Waals surface area contributed by atoms with Crippen LogP contribution in [0, 0.1) is 0 Å². The number of fused-ring (bicyclic) bond motifs is 1. The summed E-state index contributed by atoms with van der Waals surface area (Å²) in [4.78, 5) is 15.8. The molecule has 0 saturated heterocycles. The van der Waals surface area contributed by atoms with E-state index in [0.29, 0.717) is 6.42 Å². The molecule has 2 aromatic rings. The van der Waals surface area contributed by atoms with E-state index in [0.717, 1.165) is 35.7 Å². The van der Waals surface area contributed by atoms with Crippen LogP contribution in [-0.2, 0) is 16.0 Å². The van der Waals surface area contributed by atoms with Gasteiger partial charge >= 0.3 is 5.97 Å². The van der Waals surface area contributed by atoms with Crippen LogP contribution in [0.5, 0.6) is 0 Å². The Hall–Kier alpha value is -2.07. The number of unbranched alkanes of at least 4 members (excludes halogenated alkanes) is 12. The van der Waals surface area contributed by atoms with E-state index in [-0.39, 0.29) is 18.5 Å². The van der Waals surface area contributed by atoms with Crippen LogP contribution in [0.25, 0.3) is 10.9 Å². The van der Waals surface area contributed by atoms with Crippen molar-refractivity contribution in [2.24, 2.45) is 0 Å². The summed E-state index contributed by atoms with van der Waals surface area (Å²) >= 11 is 0. The molecule has 214 valence electrons. The van der Waals surface area contributed by atoms with Gasteiger partial charge < -0.3 is 14.8 Å². The minimum Gasteiger partial charge on any atom is -0.465 e. The number of benzene rings is 1. The van der Waals surface area contributed by atoms with Gasteiger partial charge in [0.2, 0.25) is 0 Å². The molecule has 0 fully saturated rings. The van der Waals surface area contributed by atoms with Crippen LogP contribution in [0.3, 0.4) is 0 Å². The fourth-order valence-corrected chi connectivity index (χ4v) is 5.14. The number of esters is 1. The fraction of sp³-hybridized carbons (Fsp3) is 0.676. The quantitative estimate of drug-likeness (QED) is 0.103. The minimum absolute atomic E-state index is 0.161. The standard InChI is InChI=1S/C34H55NO3/c1-6-7-8-9-10-11-12-13-14-15-16-17-18-19-33(36)38-26-31(34(4,5)37)30-25-35-32-24-28(21-20-27(2)3)22-23-29(30)32/h20,22-25,31,35,37H,6-19,21,26H2,1-5H3. The molecule has 1 aromatic heterocycles. The Morgan fingerprint density at radius 2 is 1.53 bits per heavy atom. The molecule has 38 heavy (non-hydrogen) atoms. The second-order valence-corrected chi connectivity index (χ2v) is 12.0. The smallest absolute Gasteiger partial charge is 0.305 e. The molecule has 4 heteroatoms. The number of H-pyrrole nitrogens is 1. The van der Waals surface area contributed by atoms with E-state index in [4.69, 9.17) is 4.74 Å². The Balaban J connectivity index is 1.70. The number of nitrogens with one attached hydrogen (secondary N) is 1. The molecular formula is C34H55NO3. The number of ether oxygens (including phenoxy) is 1. The summed E-state index contributed by atoms with van der Waals surface area (Å²) < 4.78 is 5.68. The molecule has 0 aliphatic heterocycles. The van der Waals surface area contributed by atoms with Gasteiger partial charge in [-0.2, -0.15) is 0 Å². The molecular weight excluding hydrogens is 470 g/mol. The molecule has 1 heterocycles. The summed E-state index contributed by atoms with van der Waals surface area (Å²) in [6.45, 7) is 10.3. The van der Waals surface area contributed by atoms with Crippen LogP contribution in [0.2, 0.25) is 0 Å². The number of hydrogen-bond donors (Lipinski definition) is 2. The van der Waals surface area contributed by atoms with E-state index in [1.54, 1.807) is 13.8 Å². The number of carbonyl (C=O) groups is 1. The largest absolute Gasteiger partial charge is 0.465 e. The van der Waals surface area contributed by atoms with Gasteiger partial charge in [-0.25, -0.2) is 0 Å². The van der Waals surface area contributed by atoms with Crippen LogP contribution >= 0.6 is 0 Å². The van der Waals surface area contributed by atoms with Crippen LogP contribution in [-0.4, -0.2) is 28.3 Å². The number of carbonyl (C=O) groups excluding carboxylic acids is 1. The van der Waals surface area contributed by atoms with Gasteiger partial charge in [-0.1, -0.05) is 108 Å². The highest BCUT2D eigenvalue weighted by molar-refractivity contribution is 5.84. The first-order chi connectivity index (χ1) is 18.2. The average molecular weight is 526 g/mol.